The molecule has 1 N–H and O–H groups in total. The highest BCUT2D eigenvalue weighted by atomic mass is 16.5. The second-order valence-corrected chi connectivity index (χ2v) is 5.88. The Kier molecular flexibility index (Phi) is 8.42. The Labute approximate surface area is 133 Å². The Bertz CT molecular complexity index is 354. The van der Waals surface area contributed by atoms with Crippen molar-refractivity contribution in [1.29, 1.82) is 0 Å². The summed E-state index contributed by atoms with van der Waals surface area (Å²) >= 11 is 0. The Balaban J connectivity index is 2.40. The van der Waals surface area contributed by atoms with Gasteiger partial charge in [0.1, 0.15) is 6.10 Å². The molecule has 0 radical (unpaired) electrons. The molecule has 1 saturated heterocycles. The SMILES string of the molecule is CCCCOC(C)C(=O)N1CCC(N(CC)CC(=O)O)CC1. The molecule has 1 unspecified atom stereocenters. The molecule has 1 aliphatic rings. The van der Waals surface area contributed by atoms with Gasteiger partial charge in [-0.25, -0.2) is 0 Å². The van der Waals surface area contributed by atoms with E-state index in [1.807, 2.05) is 23.6 Å². The van der Waals surface area contributed by atoms with Crippen molar-refractivity contribution in [3.63, 3.8) is 0 Å². The van der Waals surface area contributed by atoms with Crippen LogP contribution in [-0.4, -0.2) is 71.7 Å². The van der Waals surface area contributed by atoms with Crippen molar-refractivity contribution in [3.05, 3.63) is 0 Å². The number of hydrogen-bond acceptors (Lipinski definition) is 4. The normalized spacial score (nSPS) is 17.7. The molecule has 1 amide bonds. The zero-order chi connectivity index (χ0) is 16.5. The van der Waals surface area contributed by atoms with Crippen LogP contribution in [0, 0.1) is 0 Å². The molecule has 1 fully saturated rings. The Morgan fingerprint density at radius 2 is 1.95 bits per heavy atom. The van der Waals surface area contributed by atoms with E-state index in [1.165, 1.54) is 0 Å². The van der Waals surface area contributed by atoms with E-state index in [-0.39, 0.29) is 24.6 Å². The fourth-order valence-corrected chi connectivity index (χ4v) is 2.86. The van der Waals surface area contributed by atoms with Crippen molar-refractivity contribution < 1.29 is 19.4 Å². The first-order chi connectivity index (χ1) is 10.5. The number of carboxylic acid groups (broad SMARTS) is 1. The summed E-state index contributed by atoms with van der Waals surface area (Å²) in [7, 11) is 0. The van der Waals surface area contributed by atoms with Crippen LogP contribution in [-0.2, 0) is 14.3 Å². The van der Waals surface area contributed by atoms with Crippen LogP contribution in [0.2, 0.25) is 0 Å². The number of likely N-dealkylation sites (tertiary alicyclic amines) is 1. The summed E-state index contributed by atoms with van der Waals surface area (Å²) in [4.78, 5) is 27.0. The standard InChI is InChI=1S/C16H30N2O4/c1-4-6-11-22-13(3)16(21)18-9-7-14(8-10-18)17(5-2)12-15(19)20/h13-14H,4-12H2,1-3H3,(H,19,20). The molecule has 0 bridgehead atoms. The summed E-state index contributed by atoms with van der Waals surface area (Å²) < 4.78 is 5.57. The van der Waals surface area contributed by atoms with Crippen molar-refractivity contribution in [2.24, 2.45) is 0 Å². The molecule has 0 aromatic rings. The van der Waals surface area contributed by atoms with E-state index in [0.717, 1.165) is 32.2 Å². The zero-order valence-electron chi connectivity index (χ0n) is 14.1. The van der Waals surface area contributed by atoms with Crippen molar-refractivity contribution >= 4 is 11.9 Å². The van der Waals surface area contributed by atoms with Crippen molar-refractivity contribution in [3.8, 4) is 0 Å². The predicted molar refractivity (Wildman–Crippen MR) is 84.8 cm³/mol. The fourth-order valence-electron chi connectivity index (χ4n) is 2.86. The number of likely N-dealkylation sites (N-methyl/N-ethyl adjacent to an activating group) is 1. The van der Waals surface area contributed by atoms with Crippen LogP contribution < -0.4 is 0 Å². The van der Waals surface area contributed by atoms with E-state index in [2.05, 4.69) is 6.92 Å². The van der Waals surface area contributed by atoms with E-state index in [0.29, 0.717) is 19.7 Å². The minimum atomic E-state index is -0.793. The van der Waals surface area contributed by atoms with Gasteiger partial charge < -0.3 is 14.7 Å². The summed E-state index contributed by atoms with van der Waals surface area (Å²) in [6, 6.07) is 0.251. The lowest BCUT2D eigenvalue weighted by atomic mass is 10.0. The van der Waals surface area contributed by atoms with E-state index in [1.54, 1.807) is 0 Å². The van der Waals surface area contributed by atoms with Gasteiger partial charge in [-0.05, 0) is 32.7 Å². The molecule has 128 valence electrons. The highest BCUT2D eigenvalue weighted by Gasteiger charge is 2.29. The molecule has 1 aliphatic heterocycles. The first-order valence-electron chi connectivity index (χ1n) is 8.35. The molecule has 0 spiro atoms. The smallest absolute Gasteiger partial charge is 0.317 e. The number of aliphatic carboxylic acids is 1. The molecule has 6 heteroatoms. The molecule has 0 aromatic heterocycles. The van der Waals surface area contributed by atoms with Crippen LogP contribution >= 0.6 is 0 Å². The highest BCUT2D eigenvalue weighted by molar-refractivity contribution is 5.80. The molecule has 1 rings (SSSR count). The average Bonchev–Trinajstić information content (AvgIpc) is 2.52. The summed E-state index contributed by atoms with van der Waals surface area (Å²) in [6.45, 7) is 8.67. The number of nitrogens with zero attached hydrogens (tertiary/aromatic N) is 2. The van der Waals surface area contributed by atoms with Gasteiger partial charge in [0.05, 0.1) is 6.54 Å². The van der Waals surface area contributed by atoms with E-state index < -0.39 is 5.97 Å². The Morgan fingerprint density at radius 1 is 1.32 bits per heavy atom. The van der Waals surface area contributed by atoms with Crippen LogP contribution in [0.15, 0.2) is 0 Å². The van der Waals surface area contributed by atoms with E-state index >= 15 is 0 Å². The number of carbonyl (C=O) groups is 2. The maximum absolute atomic E-state index is 12.3. The second-order valence-electron chi connectivity index (χ2n) is 5.88. The van der Waals surface area contributed by atoms with Crippen molar-refractivity contribution in [2.75, 3.05) is 32.8 Å². The van der Waals surface area contributed by atoms with Gasteiger partial charge in [-0.2, -0.15) is 0 Å². The summed E-state index contributed by atoms with van der Waals surface area (Å²) in [5, 5.41) is 8.94. The van der Waals surface area contributed by atoms with Gasteiger partial charge in [0.2, 0.25) is 0 Å². The van der Waals surface area contributed by atoms with Gasteiger partial charge in [-0.1, -0.05) is 20.3 Å². The molecule has 0 aliphatic carbocycles. The fraction of sp³-hybridized carbons (Fsp3) is 0.875. The molecular weight excluding hydrogens is 284 g/mol. The number of unbranched alkanes of at least 4 members (excludes halogenated alkanes) is 1. The molecule has 1 atom stereocenters. The maximum atomic E-state index is 12.3. The molecule has 0 aromatic carbocycles. The van der Waals surface area contributed by atoms with Crippen molar-refractivity contribution in [1.82, 2.24) is 9.80 Å². The number of rotatable bonds is 9. The number of hydrogen-bond donors (Lipinski definition) is 1. The number of carboxylic acids is 1. The monoisotopic (exact) mass is 314 g/mol. The number of ether oxygens (including phenoxy) is 1. The maximum Gasteiger partial charge on any atom is 0.317 e. The van der Waals surface area contributed by atoms with Crippen LogP contribution in [0.5, 0.6) is 0 Å². The largest absolute Gasteiger partial charge is 0.480 e. The third kappa shape index (κ3) is 5.93. The molecule has 6 nitrogen and oxygen atoms in total. The van der Waals surface area contributed by atoms with Gasteiger partial charge in [0.25, 0.3) is 5.91 Å². The minimum absolute atomic E-state index is 0.0517. The second kappa shape index (κ2) is 9.79. The third-order valence-electron chi connectivity index (χ3n) is 4.25. The van der Waals surface area contributed by atoms with Gasteiger partial charge in [0.15, 0.2) is 0 Å². The molecule has 1 heterocycles. The lowest BCUT2D eigenvalue weighted by Crippen LogP contribution is -2.50. The lowest BCUT2D eigenvalue weighted by Gasteiger charge is -2.38. The van der Waals surface area contributed by atoms with Gasteiger partial charge in [0, 0.05) is 25.7 Å². The predicted octanol–water partition coefficient (Wildman–Crippen LogP) is 1.59. The van der Waals surface area contributed by atoms with Gasteiger partial charge >= 0.3 is 5.97 Å². The summed E-state index contributed by atoms with van der Waals surface area (Å²) in [5.74, 6) is -0.742. The lowest BCUT2D eigenvalue weighted by molar-refractivity contribution is -0.145. The Morgan fingerprint density at radius 3 is 2.45 bits per heavy atom. The third-order valence-corrected chi connectivity index (χ3v) is 4.25. The number of amides is 1. The summed E-state index contributed by atoms with van der Waals surface area (Å²) in [6.07, 6.45) is 3.30. The van der Waals surface area contributed by atoms with E-state index in [4.69, 9.17) is 9.84 Å². The quantitative estimate of drug-likeness (QED) is 0.655. The van der Waals surface area contributed by atoms with Crippen molar-refractivity contribution in [2.45, 2.75) is 58.6 Å². The topological polar surface area (TPSA) is 70.1 Å². The van der Waals surface area contributed by atoms with Crippen LogP contribution in [0.1, 0.15) is 46.5 Å². The number of carbonyl (C=O) groups excluding carboxylic acids is 1. The summed E-state index contributed by atoms with van der Waals surface area (Å²) in [5.41, 5.74) is 0. The molecule has 0 saturated carbocycles. The molecular formula is C16H30N2O4. The first-order valence-corrected chi connectivity index (χ1v) is 8.35. The van der Waals surface area contributed by atoms with Crippen LogP contribution in [0.4, 0.5) is 0 Å². The first kappa shape index (κ1) is 18.9. The van der Waals surface area contributed by atoms with Gasteiger partial charge in [-0.3, -0.25) is 14.5 Å². The van der Waals surface area contributed by atoms with Gasteiger partial charge in [-0.15, -0.1) is 0 Å². The minimum Gasteiger partial charge on any atom is -0.480 e. The van der Waals surface area contributed by atoms with E-state index in [9.17, 15) is 9.59 Å². The molecule has 22 heavy (non-hydrogen) atoms. The number of piperidine rings is 1. The van der Waals surface area contributed by atoms with Crippen LogP contribution in [0.25, 0.3) is 0 Å². The zero-order valence-corrected chi connectivity index (χ0v) is 14.1. The average molecular weight is 314 g/mol. The highest BCUT2D eigenvalue weighted by Crippen LogP contribution is 2.17. The van der Waals surface area contributed by atoms with Crippen LogP contribution in [0.3, 0.4) is 0 Å². The Hall–Kier alpha value is -1.14.